The molecule has 0 fully saturated rings. The second-order valence-corrected chi connectivity index (χ2v) is 3.07. The largest absolute Gasteiger partial charge is 0.320 e. The molecule has 0 aliphatic carbocycles. The maximum Gasteiger partial charge on any atom is 0.134 e. The molecule has 0 spiro atoms. The fraction of sp³-hybridized carbons (Fsp3) is 0.500. The van der Waals surface area contributed by atoms with Crippen LogP contribution < -0.4 is 5.32 Å². The van der Waals surface area contributed by atoms with E-state index in [1.807, 2.05) is 51.2 Å². The number of carbonyl (C=O) groups is 1. The van der Waals surface area contributed by atoms with E-state index < -0.39 is 0 Å². The third-order valence-corrected chi connectivity index (χ3v) is 1.65. The maximum atomic E-state index is 10.6. The molecule has 2 heteroatoms. The van der Waals surface area contributed by atoms with Crippen LogP contribution in [0.15, 0.2) is 30.3 Å². The van der Waals surface area contributed by atoms with Crippen molar-refractivity contribution < 1.29 is 4.79 Å². The van der Waals surface area contributed by atoms with Crippen LogP contribution in [0.1, 0.15) is 33.3 Å². The number of hydrogen-bond acceptors (Lipinski definition) is 2. The van der Waals surface area contributed by atoms with Gasteiger partial charge in [0.25, 0.3) is 0 Å². The standard InChI is InChI=1S/C9H10O.C3H9N.C2H6/c1-8(10)7-9-5-3-2-4-6-9;1-3-4-2;1-2/h2-6H,7H2,1H3;4H,3H2,1-2H3;1-2H3. The number of nitrogens with one attached hydrogen (secondary N) is 1. The molecule has 1 aromatic carbocycles. The minimum atomic E-state index is 0.214. The zero-order valence-corrected chi connectivity index (χ0v) is 11.2. The summed E-state index contributed by atoms with van der Waals surface area (Å²) in [7, 11) is 1.93. The van der Waals surface area contributed by atoms with Crippen LogP contribution in [0.25, 0.3) is 0 Å². The Balaban J connectivity index is 0. The molecule has 0 aromatic heterocycles. The van der Waals surface area contributed by atoms with Gasteiger partial charge in [0.1, 0.15) is 5.78 Å². The molecule has 0 heterocycles. The van der Waals surface area contributed by atoms with E-state index >= 15 is 0 Å². The molecule has 0 saturated heterocycles. The Bertz CT molecular complexity index is 242. The molecule has 0 atom stereocenters. The number of carbonyl (C=O) groups excluding carboxylic acids is 1. The van der Waals surface area contributed by atoms with Gasteiger partial charge in [0.2, 0.25) is 0 Å². The Kier molecular flexibility index (Phi) is 14.9. The smallest absolute Gasteiger partial charge is 0.134 e. The zero-order valence-electron chi connectivity index (χ0n) is 11.2. The summed E-state index contributed by atoms with van der Waals surface area (Å²) in [6.45, 7) is 8.74. The van der Waals surface area contributed by atoms with Crippen molar-refractivity contribution in [2.24, 2.45) is 0 Å². The Morgan fingerprint density at radius 1 is 1.19 bits per heavy atom. The van der Waals surface area contributed by atoms with Gasteiger partial charge in [-0.25, -0.2) is 0 Å². The lowest BCUT2D eigenvalue weighted by atomic mass is 10.1. The van der Waals surface area contributed by atoms with Crippen LogP contribution in [0.4, 0.5) is 0 Å². The molecule has 1 N–H and O–H groups in total. The summed E-state index contributed by atoms with van der Waals surface area (Å²) in [5.41, 5.74) is 1.09. The van der Waals surface area contributed by atoms with E-state index in [1.165, 1.54) is 0 Å². The van der Waals surface area contributed by atoms with Crippen molar-refractivity contribution in [3.8, 4) is 0 Å². The first kappa shape index (κ1) is 17.3. The number of Topliss-reactive ketones (excluding diaryl/α,β-unsaturated/α-hetero) is 1. The summed E-state index contributed by atoms with van der Waals surface area (Å²) in [5.74, 6) is 0.214. The lowest BCUT2D eigenvalue weighted by molar-refractivity contribution is -0.116. The summed E-state index contributed by atoms with van der Waals surface area (Å²) in [5, 5.41) is 2.93. The van der Waals surface area contributed by atoms with Gasteiger partial charge in [-0.2, -0.15) is 0 Å². The van der Waals surface area contributed by atoms with Gasteiger partial charge in [-0.15, -0.1) is 0 Å². The third-order valence-electron chi connectivity index (χ3n) is 1.65. The van der Waals surface area contributed by atoms with Gasteiger partial charge in [0.05, 0.1) is 0 Å². The van der Waals surface area contributed by atoms with Crippen LogP contribution in [-0.2, 0) is 11.2 Å². The van der Waals surface area contributed by atoms with Crippen molar-refractivity contribution in [3.63, 3.8) is 0 Å². The fourth-order valence-electron chi connectivity index (χ4n) is 0.883. The van der Waals surface area contributed by atoms with Gasteiger partial charge in [-0.05, 0) is 26.1 Å². The van der Waals surface area contributed by atoms with Crippen molar-refractivity contribution in [1.29, 1.82) is 0 Å². The molecule has 0 aliphatic rings. The van der Waals surface area contributed by atoms with Crippen LogP contribution in [0.3, 0.4) is 0 Å². The summed E-state index contributed by atoms with van der Waals surface area (Å²) < 4.78 is 0. The molecular weight excluding hydrogens is 198 g/mol. The molecule has 2 nitrogen and oxygen atoms in total. The van der Waals surface area contributed by atoms with E-state index in [9.17, 15) is 4.79 Å². The molecule has 0 amide bonds. The number of hydrogen-bond donors (Lipinski definition) is 1. The van der Waals surface area contributed by atoms with Gasteiger partial charge in [0.15, 0.2) is 0 Å². The molecule has 1 rings (SSSR count). The number of rotatable bonds is 3. The van der Waals surface area contributed by atoms with E-state index in [0.717, 1.165) is 12.1 Å². The van der Waals surface area contributed by atoms with Gasteiger partial charge < -0.3 is 5.32 Å². The number of benzene rings is 1. The van der Waals surface area contributed by atoms with Crippen LogP contribution in [0, 0.1) is 0 Å². The second-order valence-electron chi connectivity index (χ2n) is 3.07. The SMILES string of the molecule is CC.CC(=O)Cc1ccccc1.CCNC. The summed E-state index contributed by atoms with van der Waals surface area (Å²) in [6, 6.07) is 9.75. The lowest BCUT2D eigenvalue weighted by Gasteiger charge is -1.93. The molecular formula is C14H25NO. The van der Waals surface area contributed by atoms with Gasteiger partial charge in [0, 0.05) is 6.42 Å². The minimum absolute atomic E-state index is 0.214. The topological polar surface area (TPSA) is 29.1 Å². The van der Waals surface area contributed by atoms with E-state index in [-0.39, 0.29) is 5.78 Å². The lowest BCUT2D eigenvalue weighted by Crippen LogP contribution is -2.01. The first-order valence-corrected chi connectivity index (χ1v) is 5.88. The van der Waals surface area contributed by atoms with Gasteiger partial charge in [-0.1, -0.05) is 51.1 Å². The molecule has 92 valence electrons. The fourth-order valence-corrected chi connectivity index (χ4v) is 0.883. The van der Waals surface area contributed by atoms with Crippen LogP contribution in [0.2, 0.25) is 0 Å². The van der Waals surface area contributed by atoms with E-state index in [1.54, 1.807) is 6.92 Å². The van der Waals surface area contributed by atoms with Crippen LogP contribution in [0.5, 0.6) is 0 Å². The van der Waals surface area contributed by atoms with Crippen LogP contribution >= 0.6 is 0 Å². The first-order chi connectivity index (χ1) is 7.70. The summed E-state index contributed by atoms with van der Waals surface area (Å²) >= 11 is 0. The minimum Gasteiger partial charge on any atom is -0.320 e. The average molecular weight is 223 g/mol. The Morgan fingerprint density at radius 2 is 1.62 bits per heavy atom. The molecule has 0 bridgehead atoms. The number of ketones is 1. The van der Waals surface area contributed by atoms with Crippen LogP contribution in [-0.4, -0.2) is 19.4 Å². The highest BCUT2D eigenvalue weighted by atomic mass is 16.1. The maximum absolute atomic E-state index is 10.6. The average Bonchev–Trinajstić information content (AvgIpc) is 2.32. The Labute approximate surface area is 100 Å². The molecule has 0 saturated carbocycles. The highest BCUT2D eigenvalue weighted by molar-refractivity contribution is 5.78. The monoisotopic (exact) mass is 223 g/mol. The third kappa shape index (κ3) is 12.8. The zero-order chi connectivity index (χ0) is 12.8. The highest BCUT2D eigenvalue weighted by Crippen LogP contribution is 1.98. The predicted octanol–water partition coefficient (Wildman–Crippen LogP) is 3.07. The second kappa shape index (κ2) is 13.8. The normalized spacial score (nSPS) is 8.06. The van der Waals surface area contributed by atoms with Crippen molar-refractivity contribution in [2.75, 3.05) is 13.6 Å². The summed E-state index contributed by atoms with van der Waals surface area (Å²) in [4.78, 5) is 10.6. The quantitative estimate of drug-likeness (QED) is 0.853. The molecule has 16 heavy (non-hydrogen) atoms. The van der Waals surface area contributed by atoms with E-state index in [0.29, 0.717) is 6.42 Å². The molecule has 0 unspecified atom stereocenters. The van der Waals surface area contributed by atoms with Crippen molar-refractivity contribution in [2.45, 2.75) is 34.1 Å². The van der Waals surface area contributed by atoms with Gasteiger partial charge in [-0.3, -0.25) is 4.79 Å². The van der Waals surface area contributed by atoms with E-state index in [4.69, 9.17) is 0 Å². The van der Waals surface area contributed by atoms with Crippen molar-refractivity contribution >= 4 is 5.78 Å². The molecule has 0 aliphatic heterocycles. The summed E-state index contributed by atoms with van der Waals surface area (Å²) in [6.07, 6.45) is 0.556. The Hall–Kier alpha value is -1.15. The Morgan fingerprint density at radius 3 is 1.94 bits per heavy atom. The highest BCUT2D eigenvalue weighted by Gasteiger charge is 1.93. The van der Waals surface area contributed by atoms with E-state index in [2.05, 4.69) is 12.2 Å². The van der Waals surface area contributed by atoms with Gasteiger partial charge >= 0.3 is 0 Å². The first-order valence-electron chi connectivity index (χ1n) is 5.88. The van der Waals surface area contributed by atoms with Crippen molar-refractivity contribution in [3.05, 3.63) is 35.9 Å². The predicted molar refractivity (Wildman–Crippen MR) is 71.8 cm³/mol. The molecule has 1 aromatic rings. The van der Waals surface area contributed by atoms with Crippen molar-refractivity contribution in [1.82, 2.24) is 5.32 Å². The molecule has 0 radical (unpaired) electrons.